The van der Waals surface area contributed by atoms with Crippen LogP contribution < -0.4 is 5.32 Å². The Kier molecular flexibility index (Phi) is 4.68. The van der Waals surface area contributed by atoms with Crippen molar-refractivity contribution in [3.8, 4) is 10.6 Å². The standard InChI is InChI=1S/C16H17F2N3OS/c1-19-7-10-5-6-21(8-10)16(22)13-9-23-15(20-13)14-11(17)3-2-4-12(14)18/h2-4,9-10,19H,5-8H2,1H3/t10-/m0/s1. The van der Waals surface area contributed by atoms with E-state index in [4.69, 9.17) is 0 Å². The summed E-state index contributed by atoms with van der Waals surface area (Å²) in [5, 5.41) is 4.87. The molecule has 0 spiro atoms. The van der Waals surface area contributed by atoms with Crippen molar-refractivity contribution >= 4 is 17.2 Å². The Morgan fingerprint density at radius 3 is 2.87 bits per heavy atom. The van der Waals surface area contributed by atoms with Crippen LogP contribution in [-0.4, -0.2) is 42.5 Å². The summed E-state index contributed by atoms with van der Waals surface area (Å²) in [4.78, 5) is 18.4. The molecule has 4 nitrogen and oxygen atoms in total. The average Bonchev–Trinajstić information content (AvgIpc) is 3.16. The summed E-state index contributed by atoms with van der Waals surface area (Å²) in [6.45, 7) is 2.24. The number of nitrogens with zero attached hydrogens (tertiary/aromatic N) is 2. The van der Waals surface area contributed by atoms with Gasteiger partial charge in [0.2, 0.25) is 0 Å². The number of benzene rings is 1. The Bertz CT molecular complexity index is 699. The lowest BCUT2D eigenvalue weighted by Crippen LogP contribution is -2.30. The van der Waals surface area contributed by atoms with Crippen molar-refractivity contribution in [2.75, 3.05) is 26.7 Å². The Hall–Kier alpha value is -1.86. The molecule has 1 amide bonds. The number of amides is 1. The molecule has 1 aliphatic heterocycles. The molecule has 2 heterocycles. The van der Waals surface area contributed by atoms with Gasteiger partial charge in [0, 0.05) is 18.5 Å². The highest BCUT2D eigenvalue weighted by atomic mass is 32.1. The number of rotatable bonds is 4. The molecule has 1 saturated heterocycles. The summed E-state index contributed by atoms with van der Waals surface area (Å²) in [6.07, 6.45) is 0.950. The van der Waals surface area contributed by atoms with Gasteiger partial charge >= 0.3 is 0 Å². The summed E-state index contributed by atoms with van der Waals surface area (Å²) < 4.78 is 27.6. The van der Waals surface area contributed by atoms with E-state index in [0.29, 0.717) is 19.0 Å². The molecule has 1 aromatic heterocycles. The maximum atomic E-state index is 13.8. The van der Waals surface area contributed by atoms with Crippen LogP contribution in [0.15, 0.2) is 23.6 Å². The highest BCUT2D eigenvalue weighted by Crippen LogP contribution is 2.29. The van der Waals surface area contributed by atoms with Crippen molar-refractivity contribution in [2.45, 2.75) is 6.42 Å². The van der Waals surface area contributed by atoms with Crippen LogP contribution in [0, 0.1) is 17.6 Å². The Balaban J connectivity index is 1.78. The van der Waals surface area contributed by atoms with E-state index in [0.717, 1.165) is 24.3 Å². The zero-order valence-corrected chi connectivity index (χ0v) is 13.5. The molecule has 0 radical (unpaired) electrons. The maximum Gasteiger partial charge on any atom is 0.273 e. The predicted octanol–water partition coefficient (Wildman–Crippen LogP) is 2.77. The third kappa shape index (κ3) is 3.25. The van der Waals surface area contributed by atoms with Crippen molar-refractivity contribution < 1.29 is 13.6 Å². The molecule has 1 aromatic carbocycles. The minimum Gasteiger partial charge on any atom is -0.337 e. The summed E-state index contributed by atoms with van der Waals surface area (Å²) in [7, 11) is 1.89. The van der Waals surface area contributed by atoms with Gasteiger partial charge in [-0.15, -0.1) is 11.3 Å². The number of thiazole rings is 1. The second-order valence-corrected chi connectivity index (χ2v) is 6.46. The molecule has 3 rings (SSSR count). The van der Waals surface area contributed by atoms with Gasteiger partial charge in [0.25, 0.3) is 5.91 Å². The molecule has 2 aromatic rings. The smallest absolute Gasteiger partial charge is 0.273 e. The van der Waals surface area contributed by atoms with Gasteiger partial charge in [-0.2, -0.15) is 0 Å². The molecule has 0 aliphatic carbocycles. The molecule has 0 unspecified atom stereocenters. The second kappa shape index (κ2) is 6.72. The van der Waals surface area contributed by atoms with E-state index < -0.39 is 11.6 Å². The fourth-order valence-electron chi connectivity index (χ4n) is 2.82. The Labute approximate surface area is 137 Å². The van der Waals surface area contributed by atoms with Gasteiger partial charge < -0.3 is 10.2 Å². The first-order valence-corrected chi connectivity index (χ1v) is 8.32. The SMILES string of the molecule is CNC[C@@H]1CCN(C(=O)c2csc(-c3c(F)cccc3F)n2)C1. The Morgan fingerprint density at radius 2 is 2.17 bits per heavy atom. The molecule has 0 saturated carbocycles. The monoisotopic (exact) mass is 337 g/mol. The van der Waals surface area contributed by atoms with E-state index in [1.165, 1.54) is 18.2 Å². The number of carbonyl (C=O) groups is 1. The summed E-state index contributed by atoms with van der Waals surface area (Å²) in [5.41, 5.74) is 0.0730. The molecule has 1 aliphatic rings. The zero-order chi connectivity index (χ0) is 16.4. The fourth-order valence-corrected chi connectivity index (χ4v) is 3.66. The first-order chi connectivity index (χ1) is 11.1. The first kappa shape index (κ1) is 16.0. The van der Waals surface area contributed by atoms with Gasteiger partial charge in [0.05, 0.1) is 5.56 Å². The van der Waals surface area contributed by atoms with Gasteiger partial charge in [-0.1, -0.05) is 6.07 Å². The third-order valence-corrected chi connectivity index (χ3v) is 4.83. The minimum absolute atomic E-state index is 0.175. The van der Waals surface area contributed by atoms with Crippen molar-refractivity contribution in [1.29, 1.82) is 0 Å². The first-order valence-electron chi connectivity index (χ1n) is 7.44. The molecular formula is C16H17F2N3OS. The number of likely N-dealkylation sites (tertiary alicyclic amines) is 1. The minimum atomic E-state index is -0.673. The van der Waals surface area contributed by atoms with E-state index in [-0.39, 0.29) is 22.2 Å². The van der Waals surface area contributed by atoms with Crippen LogP contribution in [0.1, 0.15) is 16.9 Å². The number of carbonyl (C=O) groups excluding carboxylic acids is 1. The molecule has 23 heavy (non-hydrogen) atoms. The van der Waals surface area contributed by atoms with Crippen LogP contribution in [0.4, 0.5) is 8.78 Å². The Morgan fingerprint density at radius 1 is 1.43 bits per heavy atom. The predicted molar refractivity (Wildman–Crippen MR) is 85.4 cm³/mol. The van der Waals surface area contributed by atoms with Gasteiger partial charge in [-0.05, 0) is 38.1 Å². The molecule has 122 valence electrons. The third-order valence-electron chi connectivity index (χ3n) is 3.97. The highest BCUT2D eigenvalue weighted by molar-refractivity contribution is 7.13. The van der Waals surface area contributed by atoms with Gasteiger partial charge in [-0.25, -0.2) is 13.8 Å². The van der Waals surface area contributed by atoms with E-state index in [2.05, 4.69) is 10.3 Å². The lowest BCUT2D eigenvalue weighted by molar-refractivity contribution is 0.0782. The zero-order valence-electron chi connectivity index (χ0n) is 12.7. The van der Waals surface area contributed by atoms with Gasteiger partial charge in [0.1, 0.15) is 22.3 Å². The maximum absolute atomic E-state index is 13.8. The van der Waals surface area contributed by atoms with Crippen molar-refractivity contribution in [3.63, 3.8) is 0 Å². The lowest BCUT2D eigenvalue weighted by atomic mass is 10.1. The lowest BCUT2D eigenvalue weighted by Gasteiger charge is -2.15. The van der Waals surface area contributed by atoms with Crippen molar-refractivity contribution in [3.05, 3.63) is 40.9 Å². The van der Waals surface area contributed by atoms with Crippen LogP contribution in [0.5, 0.6) is 0 Å². The fraction of sp³-hybridized carbons (Fsp3) is 0.375. The van der Waals surface area contributed by atoms with Crippen molar-refractivity contribution in [2.24, 2.45) is 5.92 Å². The van der Waals surface area contributed by atoms with E-state index >= 15 is 0 Å². The summed E-state index contributed by atoms with van der Waals surface area (Å²) >= 11 is 1.08. The summed E-state index contributed by atoms with van der Waals surface area (Å²) in [6, 6.07) is 3.67. The highest BCUT2D eigenvalue weighted by Gasteiger charge is 2.28. The number of aromatic nitrogens is 1. The average molecular weight is 337 g/mol. The van der Waals surface area contributed by atoms with Crippen LogP contribution in [-0.2, 0) is 0 Å². The molecule has 0 bridgehead atoms. The van der Waals surface area contributed by atoms with E-state index in [1.54, 1.807) is 10.3 Å². The largest absolute Gasteiger partial charge is 0.337 e. The topological polar surface area (TPSA) is 45.2 Å². The van der Waals surface area contributed by atoms with Crippen LogP contribution in [0.2, 0.25) is 0 Å². The molecule has 1 atom stereocenters. The number of hydrogen-bond donors (Lipinski definition) is 1. The van der Waals surface area contributed by atoms with E-state index in [9.17, 15) is 13.6 Å². The second-order valence-electron chi connectivity index (χ2n) is 5.60. The van der Waals surface area contributed by atoms with Gasteiger partial charge in [0.15, 0.2) is 0 Å². The molecule has 1 N–H and O–H groups in total. The van der Waals surface area contributed by atoms with Crippen LogP contribution in [0.3, 0.4) is 0 Å². The molecular weight excluding hydrogens is 320 g/mol. The van der Waals surface area contributed by atoms with Gasteiger partial charge in [-0.3, -0.25) is 4.79 Å². The van der Waals surface area contributed by atoms with Crippen molar-refractivity contribution in [1.82, 2.24) is 15.2 Å². The molecule has 1 fully saturated rings. The normalized spacial score (nSPS) is 17.7. The summed E-state index contributed by atoms with van der Waals surface area (Å²) in [5.74, 6) is -1.09. The number of halogens is 2. The number of nitrogens with one attached hydrogen (secondary N) is 1. The van der Waals surface area contributed by atoms with E-state index in [1.807, 2.05) is 7.05 Å². The molecule has 7 heteroatoms. The van der Waals surface area contributed by atoms with Crippen LogP contribution >= 0.6 is 11.3 Å². The quantitative estimate of drug-likeness (QED) is 0.933. The van der Waals surface area contributed by atoms with Crippen LogP contribution in [0.25, 0.3) is 10.6 Å². The number of hydrogen-bond acceptors (Lipinski definition) is 4.